The van der Waals surface area contributed by atoms with Crippen molar-refractivity contribution in [2.24, 2.45) is 5.41 Å². The van der Waals surface area contributed by atoms with Crippen LogP contribution in [-0.2, 0) is 6.54 Å². The van der Waals surface area contributed by atoms with Gasteiger partial charge in [0, 0.05) is 29.6 Å². The van der Waals surface area contributed by atoms with E-state index >= 15 is 0 Å². The molecule has 0 bridgehead atoms. The van der Waals surface area contributed by atoms with Crippen LogP contribution >= 0.6 is 0 Å². The first-order valence-corrected chi connectivity index (χ1v) is 8.21. The Hall–Kier alpha value is -2.17. The smallest absolute Gasteiger partial charge is 0.355 e. The number of carbonyl (C=O) groups is 1. The number of hydrogen-bond acceptors (Lipinski definition) is 3. The molecule has 2 aromatic rings. The lowest BCUT2D eigenvalue weighted by atomic mass is 9.76. The van der Waals surface area contributed by atoms with Crippen LogP contribution in [0.5, 0.6) is 0 Å². The third kappa shape index (κ3) is 3.14. The van der Waals surface area contributed by atoms with E-state index in [2.05, 4.69) is 17.0 Å². The maximum Gasteiger partial charge on any atom is 0.355 e. The zero-order valence-electron chi connectivity index (χ0n) is 13.7. The summed E-state index contributed by atoms with van der Waals surface area (Å²) in [7, 11) is 0. The van der Waals surface area contributed by atoms with Gasteiger partial charge >= 0.3 is 5.97 Å². The lowest BCUT2D eigenvalue weighted by Crippen LogP contribution is -2.27. The minimum absolute atomic E-state index is 0.0824. The maximum atomic E-state index is 11.4. The van der Waals surface area contributed by atoms with Gasteiger partial charge in [-0.2, -0.15) is 5.10 Å². The van der Waals surface area contributed by atoms with Crippen LogP contribution in [0.3, 0.4) is 0 Å². The summed E-state index contributed by atoms with van der Waals surface area (Å²) in [5.41, 5.74) is 2.87. The zero-order chi connectivity index (χ0) is 16.4. The number of hydrogen-bond donors (Lipinski definition) is 1. The van der Waals surface area contributed by atoms with Gasteiger partial charge in [-0.15, -0.1) is 0 Å². The highest BCUT2D eigenvalue weighted by Gasteiger charge is 2.28. The molecule has 1 aliphatic carbocycles. The van der Waals surface area contributed by atoms with Crippen molar-refractivity contribution in [3.8, 4) is 11.1 Å². The zero-order valence-corrected chi connectivity index (χ0v) is 13.7. The second kappa shape index (κ2) is 6.14. The number of carboxylic acid groups (broad SMARTS) is 1. The lowest BCUT2D eigenvalue weighted by Gasteiger charge is -2.33. The minimum atomic E-state index is -1.01. The van der Waals surface area contributed by atoms with Gasteiger partial charge in [0.1, 0.15) is 0 Å². The Balaban J connectivity index is 1.92. The van der Waals surface area contributed by atoms with Gasteiger partial charge in [-0.05, 0) is 31.2 Å². The van der Waals surface area contributed by atoms with Crippen molar-refractivity contribution in [1.29, 1.82) is 0 Å². The molecule has 3 rings (SSSR count). The molecule has 2 heterocycles. The van der Waals surface area contributed by atoms with Crippen LogP contribution in [0.25, 0.3) is 11.1 Å². The van der Waals surface area contributed by atoms with Crippen LogP contribution in [0.1, 0.15) is 55.2 Å². The molecule has 0 atom stereocenters. The molecule has 0 spiro atoms. The summed E-state index contributed by atoms with van der Waals surface area (Å²) in [5.74, 6) is -1.01. The molecule has 0 aliphatic heterocycles. The lowest BCUT2D eigenvalue weighted by molar-refractivity contribution is 0.0691. The summed E-state index contributed by atoms with van der Waals surface area (Å²) < 4.78 is 2.03. The van der Waals surface area contributed by atoms with E-state index in [4.69, 9.17) is 0 Å². The average Bonchev–Trinajstić information content (AvgIpc) is 2.88. The SMILES string of the molecule is Cc1c(-c2cccnc2C(=O)O)cnn1CC1(C)CCCCC1. The Morgan fingerprint density at radius 1 is 1.30 bits per heavy atom. The molecule has 1 N–H and O–H groups in total. The largest absolute Gasteiger partial charge is 0.476 e. The van der Waals surface area contributed by atoms with Gasteiger partial charge in [-0.3, -0.25) is 4.68 Å². The topological polar surface area (TPSA) is 68.0 Å². The van der Waals surface area contributed by atoms with Crippen LogP contribution in [0, 0.1) is 12.3 Å². The van der Waals surface area contributed by atoms with E-state index in [1.165, 1.54) is 38.3 Å². The van der Waals surface area contributed by atoms with Gasteiger partial charge in [-0.25, -0.2) is 9.78 Å². The predicted octanol–water partition coefficient (Wildman–Crippen LogP) is 3.92. The molecule has 23 heavy (non-hydrogen) atoms. The van der Waals surface area contributed by atoms with E-state index in [9.17, 15) is 9.90 Å². The molecule has 5 heteroatoms. The van der Waals surface area contributed by atoms with Crippen molar-refractivity contribution in [3.63, 3.8) is 0 Å². The van der Waals surface area contributed by atoms with Gasteiger partial charge in [0.25, 0.3) is 0 Å². The summed E-state index contributed by atoms with van der Waals surface area (Å²) in [4.78, 5) is 15.4. The molecule has 0 unspecified atom stereocenters. The monoisotopic (exact) mass is 313 g/mol. The molecule has 1 aliphatic rings. The first kappa shape index (κ1) is 15.7. The van der Waals surface area contributed by atoms with Crippen molar-refractivity contribution < 1.29 is 9.90 Å². The highest BCUT2D eigenvalue weighted by atomic mass is 16.4. The Morgan fingerprint density at radius 3 is 2.74 bits per heavy atom. The van der Waals surface area contributed by atoms with Gasteiger partial charge < -0.3 is 5.11 Å². The summed E-state index contributed by atoms with van der Waals surface area (Å²) in [6.07, 6.45) is 9.64. The van der Waals surface area contributed by atoms with E-state index < -0.39 is 5.97 Å². The Morgan fingerprint density at radius 2 is 2.04 bits per heavy atom. The van der Waals surface area contributed by atoms with Crippen LogP contribution in [-0.4, -0.2) is 25.8 Å². The van der Waals surface area contributed by atoms with E-state index in [1.54, 1.807) is 18.3 Å². The fourth-order valence-corrected chi connectivity index (χ4v) is 3.59. The molecule has 122 valence electrons. The van der Waals surface area contributed by atoms with Crippen molar-refractivity contribution in [2.45, 2.75) is 52.5 Å². The van der Waals surface area contributed by atoms with Crippen molar-refractivity contribution in [2.75, 3.05) is 0 Å². The van der Waals surface area contributed by atoms with Gasteiger partial charge in [0.05, 0.1) is 6.20 Å². The van der Waals surface area contributed by atoms with Crippen LogP contribution in [0.15, 0.2) is 24.5 Å². The summed E-state index contributed by atoms with van der Waals surface area (Å²) >= 11 is 0. The van der Waals surface area contributed by atoms with Crippen molar-refractivity contribution in [3.05, 3.63) is 35.9 Å². The van der Waals surface area contributed by atoms with Crippen LogP contribution < -0.4 is 0 Å². The molecular weight excluding hydrogens is 290 g/mol. The molecule has 0 aromatic carbocycles. The number of aromatic carboxylic acids is 1. The molecule has 5 nitrogen and oxygen atoms in total. The molecule has 0 amide bonds. The molecule has 1 fully saturated rings. The highest BCUT2D eigenvalue weighted by Crippen LogP contribution is 2.38. The first-order valence-electron chi connectivity index (χ1n) is 8.21. The van der Waals surface area contributed by atoms with E-state index in [1.807, 2.05) is 11.6 Å². The Labute approximate surface area is 136 Å². The number of rotatable bonds is 4. The fourth-order valence-electron chi connectivity index (χ4n) is 3.59. The molecule has 2 aromatic heterocycles. The summed E-state index contributed by atoms with van der Waals surface area (Å²) in [6.45, 7) is 5.23. The van der Waals surface area contributed by atoms with Gasteiger partial charge in [0.15, 0.2) is 5.69 Å². The van der Waals surface area contributed by atoms with E-state index in [-0.39, 0.29) is 11.1 Å². The number of carboxylic acids is 1. The summed E-state index contributed by atoms with van der Waals surface area (Å²) in [6, 6.07) is 3.56. The third-order valence-corrected chi connectivity index (χ3v) is 5.00. The molecule has 0 radical (unpaired) electrons. The second-order valence-electron chi connectivity index (χ2n) is 6.88. The van der Waals surface area contributed by atoms with Crippen LogP contribution in [0.2, 0.25) is 0 Å². The normalized spacial score (nSPS) is 17.1. The minimum Gasteiger partial charge on any atom is -0.476 e. The number of nitrogens with zero attached hydrogens (tertiary/aromatic N) is 3. The summed E-state index contributed by atoms with van der Waals surface area (Å²) in [5, 5.41) is 13.9. The second-order valence-corrected chi connectivity index (χ2v) is 6.88. The van der Waals surface area contributed by atoms with Crippen molar-refractivity contribution in [1.82, 2.24) is 14.8 Å². The Kier molecular flexibility index (Phi) is 4.20. The number of pyridine rings is 1. The van der Waals surface area contributed by atoms with Crippen LogP contribution in [0.4, 0.5) is 0 Å². The maximum absolute atomic E-state index is 11.4. The highest BCUT2D eigenvalue weighted by molar-refractivity contribution is 5.94. The van der Waals surface area contributed by atoms with Gasteiger partial charge in [-0.1, -0.05) is 32.3 Å². The molecular formula is C18H23N3O2. The average molecular weight is 313 g/mol. The third-order valence-electron chi connectivity index (χ3n) is 5.00. The number of aromatic nitrogens is 3. The molecule has 1 saturated carbocycles. The predicted molar refractivity (Wildman–Crippen MR) is 88.3 cm³/mol. The van der Waals surface area contributed by atoms with E-state index in [0.717, 1.165) is 17.8 Å². The van der Waals surface area contributed by atoms with Crippen molar-refractivity contribution >= 4 is 5.97 Å². The fraction of sp³-hybridized carbons (Fsp3) is 0.500. The molecule has 0 saturated heterocycles. The standard InChI is InChI=1S/C18H23N3O2/c1-13-15(14-7-6-10-19-16(14)17(22)23)11-20-21(13)12-18(2)8-4-3-5-9-18/h6-7,10-11H,3-5,8-9,12H2,1-2H3,(H,22,23). The van der Waals surface area contributed by atoms with E-state index in [0.29, 0.717) is 5.56 Å². The Bertz CT molecular complexity index is 715. The quantitative estimate of drug-likeness (QED) is 0.929. The first-order chi connectivity index (χ1) is 11.0. The van der Waals surface area contributed by atoms with Gasteiger partial charge in [0.2, 0.25) is 0 Å².